The van der Waals surface area contributed by atoms with Crippen LogP contribution in [0.5, 0.6) is 0 Å². The molecular formula is C24H25ClN2O3. The normalized spacial score (nSPS) is 11.8. The van der Waals surface area contributed by atoms with Crippen molar-refractivity contribution in [1.29, 1.82) is 0 Å². The summed E-state index contributed by atoms with van der Waals surface area (Å²) in [5, 5.41) is 3.45. The van der Waals surface area contributed by atoms with Gasteiger partial charge in [0.2, 0.25) is 0 Å². The molecule has 0 aliphatic rings. The van der Waals surface area contributed by atoms with Gasteiger partial charge in [-0.2, -0.15) is 0 Å². The molecule has 0 unspecified atom stereocenters. The van der Waals surface area contributed by atoms with Crippen LogP contribution in [-0.2, 0) is 9.53 Å². The van der Waals surface area contributed by atoms with Crippen LogP contribution in [-0.4, -0.2) is 23.1 Å². The second-order valence-corrected chi connectivity index (χ2v) is 7.81. The van der Waals surface area contributed by atoms with Crippen LogP contribution in [0.2, 0.25) is 5.02 Å². The van der Waals surface area contributed by atoms with E-state index in [1.165, 1.54) is 5.56 Å². The fraction of sp³-hybridized carbons (Fsp3) is 0.250. The van der Waals surface area contributed by atoms with E-state index in [2.05, 4.69) is 5.32 Å². The second kappa shape index (κ2) is 9.18. The Morgan fingerprint density at radius 2 is 1.67 bits per heavy atom. The largest absolute Gasteiger partial charge is 0.452 e. The first kappa shape index (κ1) is 21.7. The summed E-state index contributed by atoms with van der Waals surface area (Å²) in [6.45, 7) is 7.35. The molecule has 1 heterocycles. The summed E-state index contributed by atoms with van der Waals surface area (Å²) in [5.74, 6) is -0.881. The Balaban J connectivity index is 1.63. The van der Waals surface area contributed by atoms with Crippen LogP contribution >= 0.6 is 11.6 Å². The highest BCUT2D eigenvalue weighted by atomic mass is 35.5. The molecule has 0 fully saturated rings. The fourth-order valence-corrected chi connectivity index (χ4v) is 3.51. The number of aryl methyl sites for hydroxylation is 2. The van der Waals surface area contributed by atoms with E-state index in [-0.39, 0.29) is 18.6 Å². The van der Waals surface area contributed by atoms with Gasteiger partial charge in [0.25, 0.3) is 5.91 Å². The molecule has 30 heavy (non-hydrogen) atoms. The minimum Gasteiger partial charge on any atom is -0.452 e. The van der Waals surface area contributed by atoms with E-state index in [1.54, 1.807) is 18.2 Å². The van der Waals surface area contributed by atoms with Crippen molar-refractivity contribution in [3.63, 3.8) is 0 Å². The number of aromatic nitrogens is 1. The molecule has 1 amide bonds. The average Bonchev–Trinajstić information content (AvgIpc) is 3.01. The Bertz CT molecular complexity index is 1050. The third-order valence-electron chi connectivity index (χ3n) is 5.03. The topological polar surface area (TPSA) is 60.3 Å². The maximum Gasteiger partial charge on any atom is 0.340 e. The van der Waals surface area contributed by atoms with Gasteiger partial charge in [-0.3, -0.25) is 4.79 Å². The third kappa shape index (κ3) is 4.92. The number of hydrogen-bond acceptors (Lipinski definition) is 3. The fourth-order valence-electron chi connectivity index (χ4n) is 3.39. The van der Waals surface area contributed by atoms with Gasteiger partial charge < -0.3 is 14.6 Å². The van der Waals surface area contributed by atoms with Crippen molar-refractivity contribution in [3.05, 3.63) is 87.7 Å². The zero-order chi connectivity index (χ0) is 21.8. The maximum atomic E-state index is 12.6. The molecule has 3 rings (SSSR count). The Hall–Kier alpha value is -3.05. The smallest absolute Gasteiger partial charge is 0.340 e. The van der Waals surface area contributed by atoms with Crippen LogP contribution in [0, 0.1) is 20.8 Å². The molecule has 1 N–H and O–H groups in total. The highest BCUT2D eigenvalue weighted by molar-refractivity contribution is 6.30. The number of carbonyl (C=O) groups excluding carboxylic acids is 2. The SMILES string of the molecule is Cc1ccc(-n2c(C)cc(C(=O)OCC(=O)N[C@H](C)c3ccc(Cl)cc3)c2C)cc1. The van der Waals surface area contributed by atoms with Gasteiger partial charge in [-0.25, -0.2) is 4.79 Å². The first-order valence-electron chi connectivity index (χ1n) is 9.74. The van der Waals surface area contributed by atoms with Gasteiger partial charge in [0.15, 0.2) is 6.61 Å². The van der Waals surface area contributed by atoms with Gasteiger partial charge in [-0.1, -0.05) is 41.4 Å². The number of amides is 1. The van der Waals surface area contributed by atoms with E-state index in [1.807, 2.05) is 68.7 Å². The maximum absolute atomic E-state index is 12.6. The molecule has 156 valence electrons. The molecule has 3 aromatic rings. The van der Waals surface area contributed by atoms with Gasteiger partial charge in [-0.05, 0) is 63.6 Å². The van der Waals surface area contributed by atoms with Crippen LogP contribution < -0.4 is 5.32 Å². The van der Waals surface area contributed by atoms with Crippen LogP contribution in [0.15, 0.2) is 54.6 Å². The summed E-state index contributed by atoms with van der Waals surface area (Å²) in [4.78, 5) is 24.8. The predicted octanol–water partition coefficient (Wildman–Crippen LogP) is 5.09. The third-order valence-corrected chi connectivity index (χ3v) is 5.28. The zero-order valence-corrected chi connectivity index (χ0v) is 18.3. The number of benzene rings is 2. The Kier molecular flexibility index (Phi) is 6.63. The first-order valence-corrected chi connectivity index (χ1v) is 10.1. The molecule has 0 bridgehead atoms. The van der Waals surface area contributed by atoms with Gasteiger partial charge in [0.1, 0.15) is 0 Å². The highest BCUT2D eigenvalue weighted by Crippen LogP contribution is 2.22. The quantitative estimate of drug-likeness (QED) is 0.560. The molecule has 0 saturated heterocycles. The summed E-state index contributed by atoms with van der Waals surface area (Å²) >= 11 is 5.89. The Morgan fingerprint density at radius 1 is 1.03 bits per heavy atom. The van der Waals surface area contributed by atoms with Crippen molar-refractivity contribution in [2.75, 3.05) is 6.61 Å². The molecule has 1 aromatic heterocycles. The summed E-state index contributed by atoms with van der Waals surface area (Å²) in [5.41, 5.74) is 5.21. The number of ether oxygens (including phenoxy) is 1. The van der Waals surface area contributed by atoms with E-state index >= 15 is 0 Å². The zero-order valence-electron chi connectivity index (χ0n) is 17.5. The lowest BCUT2D eigenvalue weighted by atomic mass is 10.1. The van der Waals surface area contributed by atoms with Gasteiger partial charge in [0.05, 0.1) is 11.6 Å². The summed E-state index contributed by atoms with van der Waals surface area (Å²) < 4.78 is 7.26. The second-order valence-electron chi connectivity index (χ2n) is 7.37. The molecule has 0 saturated carbocycles. The number of nitrogens with one attached hydrogen (secondary N) is 1. The van der Waals surface area contributed by atoms with Gasteiger partial charge in [-0.15, -0.1) is 0 Å². The Morgan fingerprint density at radius 3 is 2.30 bits per heavy atom. The molecule has 0 spiro atoms. The summed E-state index contributed by atoms with van der Waals surface area (Å²) in [6.07, 6.45) is 0. The van der Waals surface area contributed by atoms with Crippen LogP contribution in [0.25, 0.3) is 5.69 Å². The lowest BCUT2D eigenvalue weighted by molar-refractivity contribution is -0.124. The number of halogens is 1. The number of esters is 1. The van der Waals surface area contributed by atoms with E-state index in [4.69, 9.17) is 16.3 Å². The highest BCUT2D eigenvalue weighted by Gasteiger charge is 2.19. The minimum absolute atomic E-state index is 0.222. The van der Waals surface area contributed by atoms with E-state index < -0.39 is 5.97 Å². The number of rotatable bonds is 6. The van der Waals surface area contributed by atoms with Gasteiger partial charge >= 0.3 is 5.97 Å². The van der Waals surface area contributed by atoms with Crippen LogP contribution in [0.4, 0.5) is 0 Å². The number of carbonyl (C=O) groups is 2. The number of nitrogens with zero attached hydrogens (tertiary/aromatic N) is 1. The van der Waals surface area contributed by atoms with Crippen molar-refractivity contribution in [3.8, 4) is 5.69 Å². The molecule has 0 aliphatic heterocycles. The Labute approximate surface area is 181 Å². The van der Waals surface area contributed by atoms with Crippen molar-refractivity contribution < 1.29 is 14.3 Å². The van der Waals surface area contributed by atoms with Crippen LogP contribution in [0.3, 0.4) is 0 Å². The lowest BCUT2D eigenvalue weighted by Crippen LogP contribution is -2.31. The summed E-state index contributed by atoms with van der Waals surface area (Å²) in [7, 11) is 0. The van der Waals surface area contributed by atoms with Crippen molar-refractivity contribution in [2.24, 2.45) is 0 Å². The standard InChI is InChI=1S/C24H25ClN2O3/c1-15-5-11-21(12-6-15)27-16(2)13-22(18(27)4)24(29)30-14-23(28)26-17(3)19-7-9-20(25)10-8-19/h5-13,17H,14H2,1-4H3,(H,26,28)/t17-/m1/s1. The molecule has 0 radical (unpaired) electrons. The van der Waals surface area contributed by atoms with E-state index in [0.29, 0.717) is 10.6 Å². The van der Waals surface area contributed by atoms with Crippen molar-refractivity contribution in [1.82, 2.24) is 9.88 Å². The van der Waals surface area contributed by atoms with E-state index in [9.17, 15) is 9.59 Å². The molecule has 6 heteroatoms. The van der Waals surface area contributed by atoms with Crippen molar-refractivity contribution in [2.45, 2.75) is 33.7 Å². The molecular weight excluding hydrogens is 400 g/mol. The average molecular weight is 425 g/mol. The first-order chi connectivity index (χ1) is 14.3. The monoisotopic (exact) mass is 424 g/mol. The van der Waals surface area contributed by atoms with Crippen LogP contribution in [0.1, 0.15) is 45.8 Å². The van der Waals surface area contributed by atoms with E-state index in [0.717, 1.165) is 22.6 Å². The summed E-state index contributed by atoms with van der Waals surface area (Å²) in [6, 6.07) is 16.9. The molecule has 0 aliphatic carbocycles. The van der Waals surface area contributed by atoms with Gasteiger partial charge in [0, 0.05) is 22.1 Å². The number of hydrogen-bond donors (Lipinski definition) is 1. The molecule has 1 atom stereocenters. The van der Waals surface area contributed by atoms with Crippen molar-refractivity contribution >= 4 is 23.5 Å². The molecule has 5 nitrogen and oxygen atoms in total. The minimum atomic E-state index is -0.518. The lowest BCUT2D eigenvalue weighted by Gasteiger charge is -2.14. The predicted molar refractivity (Wildman–Crippen MR) is 118 cm³/mol. The molecule has 2 aromatic carbocycles.